The lowest BCUT2D eigenvalue weighted by molar-refractivity contribution is 0.415. The number of nitrogens with zero attached hydrogens (tertiary/aromatic N) is 4. The molecule has 3 heterocycles. The van der Waals surface area contributed by atoms with Gasteiger partial charge in [-0.2, -0.15) is 0 Å². The van der Waals surface area contributed by atoms with E-state index in [9.17, 15) is 0 Å². The summed E-state index contributed by atoms with van der Waals surface area (Å²) >= 11 is 6.46. The van der Waals surface area contributed by atoms with E-state index in [1.165, 1.54) is 0 Å². The number of benzene rings is 1. The summed E-state index contributed by atoms with van der Waals surface area (Å²) in [6, 6.07) is 5.70. The molecule has 0 aliphatic heterocycles. The molecule has 0 amide bonds. The highest BCUT2D eigenvalue weighted by Gasteiger charge is 2.19. The average molecular weight is 353 g/mol. The molecule has 0 spiro atoms. The Morgan fingerprint density at radius 2 is 1.84 bits per heavy atom. The van der Waals surface area contributed by atoms with Crippen LogP contribution in [0.5, 0.6) is 5.75 Å². The summed E-state index contributed by atoms with van der Waals surface area (Å²) < 4.78 is 7.50. The van der Waals surface area contributed by atoms with Gasteiger partial charge in [0.25, 0.3) is 0 Å². The summed E-state index contributed by atoms with van der Waals surface area (Å²) in [5.74, 6) is 1.52. The highest BCUT2D eigenvalue weighted by molar-refractivity contribution is 6.35. The van der Waals surface area contributed by atoms with E-state index in [1.807, 2.05) is 32.2 Å². The normalized spacial score (nSPS) is 11.4. The van der Waals surface area contributed by atoms with Gasteiger partial charge >= 0.3 is 0 Å². The van der Waals surface area contributed by atoms with Gasteiger partial charge in [0.15, 0.2) is 0 Å². The van der Waals surface area contributed by atoms with E-state index < -0.39 is 0 Å². The van der Waals surface area contributed by atoms with Crippen molar-refractivity contribution < 1.29 is 4.74 Å². The van der Waals surface area contributed by atoms with Crippen LogP contribution in [0.3, 0.4) is 0 Å². The van der Waals surface area contributed by atoms with Gasteiger partial charge in [-0.3, -0.25) is 9.38 Å². The Balaban J connectivity index is 2.24. The Hall–Kier alpha value is -2.66. The third kappa shape index (κ3) is 2.35. The van der Waals surface area contributed by atoms with Gasteiger partial charge in [-0.05, 0) is 32.4 Å². The van der Waals surface area contributed by atoms with Gasteiger partial charge in [-0.25, -0.2) is 9.97 Å². The van der Waals surface area contributed by atoms with Gasteiger partial charge in [-0.15, -0.1) is 0 Å². The topological polar surface area (TPSA) is 52.3 Å². The van der Waals surface area contributed by atoms with Crippen molar-refractivity contribution in [1.29, 1.82) is 0 Å². The number of fused-ring (bicyclic) bond motifs is 3. The van der Waals surface area contributed by atoms with Crippen molar-refractivity contribution in [1.82, 2.24) is 19.4 Å². The molecule has 4 aromatic rings. The molecule has 0 unspecified atom stereocenters. The fraction of sp³-hybridized carbons (Fsp3) is 0.211. The quantitative estimate of drug-likeness (QED) is 0.531. The lowest BCUT2D eigenvalue weighted by atomic mass is 10.1. The average Bonchev–Trinajstić information content (AvgIpc) is 2.94. The Bertz CT molecular complexity index is 1130. The number of rotatable bonds is 2. The molecular weight excluding hydrogens is 336 g/mol. The standard InChI is InChI=1S/C19H17ClN4O/c1-10-5-6-21-9-14(10)19-23-12(3)18-11(2)22-17-15(20)7-13(25-4)8-16(17)24(18)19/h5-9H,1-4H3. The molecule has 0 bridgehead atoms. The maximum absolute atomic E-state index is 6.46. The van der Waals surface area contributed by atoms with Crippen LogP contribution in [0.2, 0.25) is 5.02 Å². The third-order valence-corrected chi connectivity index (χ3v) is 4.74. The van der Waals surface area contributed by atoms with Gasteiger partial charge in [0.05, 0.1) is 34.6 Å². The van der Waals surface area contributed by atoms with Crippen LogP contribution in [0, 0.1) is 20.8 Å². The Labute approximate surface area is 150 Å². The van der Waals surface area contributed by atoms with Crippen molar-refractivity contribution in [3.8, 4) is 17.1 Å². The smallest absolute Gasteiger partial charge is 0.147 e. The number of aryl methyl sites for hydroxylation is 3. The van der Waals surface area contributed by atoms with Crippen molar-refractivity contribution in [2.24, 2.45) is 0 Å². The molecule has 3 aromatic heterocycles. The predicted molar refractivity (Wildman–Crippen MR) is 99.5 cm³/mol. The molecule has 1 aromatic carbocycles. The zero-order valence-corrected chi connectivity index (χ0v) is 15.2. The zero-order chi connectivity index (χ0) is 17.7. The molecule has 0 aliphatic rings. The van der Waals surface area contributed by atoms with Gasteiger partial charge in [0, 0.05) is 30.1 Å². The molecule has 25 heavy (non-hydrogen) atoms. The van der Waals surface area contributed by atoms with Crippen LogP contribution in [0.25, 0.3) is 27.9 Å². The molecule has 0 aliphatic carbocycles. The monoisotopic (exact) mass is 352 g/mol. The molecule has 126 valence electrons. The fourth-order valence-corrected chi connectivity index (χ4v) is 3.49. The van der Waals surface area contributed by atoms with Crippen LogP contribution < -0.4 is 4.74 Å². The number of pyridine rings is 1. The lowest BCUT2D eigenvalue weighted by Gasteiger charge is -2.12. The number of methoxy groups -OCH3 is 1. The number of imidazole rings is 1. The van der Waals surface area contributed by atoms with Crippen LogP contribution >= 0.6 is 11.6 Å². The largest absolute Gasteiger partial charge is 0.497 e. The summed E-state index contributed by atoms with van der Waals surface area (Å²) in [5, 5.41) is 0.555. The molecule has 5 nitrogen and oxygen atoms in total. The summed E-state index contributed by atoms with van der Waals surface area (Å²) in [4.78, 5) is 13.8. The molecule has 4 rings (SSSR count). The SMILES string of the molecule is COc1cc(Cl)c2nc(C)c3c(C)nc(-c4cnccc4C)n3c2c1. The van der Waals surface area contributed by atoms with Crippen LogP contribution in [0.4, 0.5) is 0 Å². The molecule has 0 radical (unpaired) electrons. The van der Waals surface area contributed by atoms with Crippen molar-refractivity contribution in [2.45, 2.75) is 20.8 Å². The first-order valence-corrected chi connectivity index (χ1v) is 8.33. The predicted octanol–water partition coefficient (Wildman–Crippen LogP) is 4.53. The highest BCUT2D eigenvalue weighted by Crippen LogP contribution is 2.34. The summed E-state index contributed by atoms with van der Waals surface area (Å²) in [5.41, 5.74) is 6.47. The van der Waals surface area contributed by atoms with E-state index in [1.54, 1.807) is 19.4 Å². The molecule has 0 saturated heterocycles. The lowest BCUT2D eigenvalue weighted by Crippen LogP contribution is -1.99. The van der Waals surface area contributed by atoms with Gasteiger partial charge in [-0.1, -0.05) is 11.6 Å². The van der Waals surface area contributed by atoms with E-state index >= 15 is 0 Å². The molecule has 0 atom stereocenters. The Kier molecular flexibility index (Phi) is 3.62. The zero-order valence-electron chi connectivity index (χ0n) is 14.5. The number of aromatic nitrogens is 4. The van der Waals surface area contributed by atoms with E-state index in [-0.39, 0.29) is 0 Å². The second-order valence-corrected chi connectivity index (χ2v) is 6.48. The van der Waals surface area contributed by atoms with Crippen LogP contribution in [0.1, 0.15) is 17.0 Å². The van der Waals surface area contributed by atoms with E-state index in [2.05, 4.69) is 16.3 Å². The van der Waals surface area contributed by atoms with Crippen LogP contribution in [-0.2, 0) is 0 Å². The van der Waals surface area contributed by atoms with E-state index in [0.717, 1.165) is 44.9 Å². The Morgan fingerprint density at radius 1 is 1.08 bits per heavy atom. The van der Waals surface area contributed by atoms with Crippen molar-refractivity contribution in [3.05, 3.63) is 52.6 Å². The summed E-state index contributed by atoms with van der Waals surface area (Å²) in [6.07, 6.45) is 3.62. The minimum Gasteiger partial charge on any atom is -0.497 e. The van der Waals surface area contributed by atoms with Crippen molar-refractivity contribution >= 4 is 28.2 Å². The molecule has 0 N–H and O–H groups in total. The highest BCUT2D eigenvalue weighted by atomic mass is 35.5. The molecule has 6 heteroatoms. The van der Waals surface area contributed by atoms with E-state index in [4.69, 9.17) is 26.3 Å². The van der Waals surface area contributed by atoms with Gasteiger partial charge in [0.1, 0.15) is 17.1 Å². The van der Waals surface area contributed by atoms with Crippen molar-refractivity contribution in [2.75, 3.05) is 7.11 Å². The second-order valence-electron chi connectivity index (χ2n) is 6.07. The second kappa shape index (κ2) is 5.70. The first-order valence-electron chi connectivity index (χ1n) is 7.95. The minimum absolute atomic E-state index is 0.555. The first-order chi connectivity index (χ1) is 12.0. The third-order valence-electron chi connectivity index (χ3n) is 4.45. The summed E-state index contributed by atoms with van der Waals surface area (Å²) in [7, 11) is 1.63. The number of hydrogen-bond acceptors (Lipinski definition) is 4. The molecule has 0 fully saturated rings. The maximum atomic E-state index is 6.46. The van der Waals surface area contributed by atoms with E-state index in [0.29, 0.717) is 10.8 Å². The maximum Gasteiger partial charge on any atom is 0.147 e. The number of halogens is 1. The fourth-order valence-electron chi connectivity index (χ4n) is 3.25. The van der Waals surface area contributed by atoms with Gasteiger partial charge < -0.3 is 4.74 Å². The van der Waals surface area contributed by atoms with Crippen molar-refractivity contribution in [3.63, 3.8) is 0 Å². The first kappa shape index (κ1) is 15.8. The number of ether oxygens (including phenoxy) is 1. The minimum atomic E-state index is 0.555. The van der Waals surface area contributed by atoms with Gasteiger partial charge in [0.2, 0.25) is 0 Å². The molecular formula is C19H17ClN4O. The molecule has 0 saturated carbocycles. The summed E-state index contributed by atoms with van der Waals surface area (Å²) in [6.45, 7) is 6.02. The van der Waals surface area contributed by atoms with Crippen LogP contribution in [0.15, 0.2) is 30.6 Å². The number of hydrogen-bond donors (Lipinski definition) is 0. The Morgan fingerprint density at radius 3 is 2.56 bits per heavy atom. The van der Waals surface area contributed by atoms with Crippen LogP contribution in [-0.4, -0.2) is 26.5 Å².